The van der Waals surface area contributed by atoms with Crippen molar-refractivity contribution in [2.45, 2.75) is 26.7 Å². The van der Waals surface area contributed by atoms with E-state index in [9.17, 15) is 4.79 Å². The van der Waals surface area contributed by atoms with Gasteiger partial charge in [-0.1, -0.05) is 38.1 Å². The summed E-state index contributed by atoms with van der Waals surface area (Å²) in [5, 5.41) is 14.0. The van der Waals surface area contributed by atoms with Gasteiger partial charge in [-0.3, -0.25) is 4.79 Å². The Balaban J connectivity index is 1.58. The first kappa shape index (κ1) is 19.0. The molecule has 0 aliphatic carbocycles. The second kappa shape index (κ2) is 7.59. The minimum absolute atomic E-state index is 0.288. The summed E-state index contributed by atoms with van der Waals surface area (Å²) in [6, 6.07) is 8.29. The third-order valence-corrected chi connectivity index (χ3v) is 5.52. The number of rotatable bonds is 5. The molecule has 1 amide bonds. The lowest BCUT2D eigenvalue weighted by atomic mass is 10.0. The highest BCUT2D eigenvalue weighted by Gasteiger charge is 2.20. The van der Waals surface area contributed by atoms with Crippen LogP contribution in [-0.4, -0.2) is 35.4 Å². The Morgan fingerprint density at radius 2 is 1.97 bits per heavy atom. The van der Waals surface area contributed by atoms with Crippen LogP contribution in [0.2, 0.25) is 0 Å². The molecule has 0 atom stereocenters. The van der Waals surface area contributed by atoms with E-state index in [1.807, 2.05) is 19.1 Å². The van der Waals surface area contributed by atoms with E-state index < -0.39 is 0 Å². The molecular weight excluding hydrogens is 386 g/mol. The van der Waals surface area contributed by atoms with E-state index in [-0.39, 0.29) is 5.91 Å². The van der Waals surface area contributed by atoms with Crippen molar-refractivity contribution in [3.8, 4) is 16.4 Å². The average molecular weight is 408 g/mol. The SMILES string of the molecule is Cc1nn(C)c(-n2cncn2)c1NC(=O)c1csc(-c2ccc(C(C)C)cc2)n1. The molecule has 1 aromatic carbocycles. The van der Waals surface area contributed by atoms with Crippen LogP contribution >= 0.6 is 11.3 Å². The predicted molar refractivity (Wildman–Crippen MR) is 112 cm³/mol. The van der Waals surface area contributed by atoms with Gasteiger partial charge >= 0.3 is 0 Å². The third-order valence-electron chi connectivity index (χ3n) is 4.63. The van der Waals surface area contributed by atoms with Crippen LogP contribution in [0.25, 0.3) is 16.4 Å². The van der Waals surface area contributed by atoms with Crippen LogP contribution in [0, 0.1) is 6.92 Å². The number of nitrogens with one attached hydrogen (secondary N) is 1. The summed E-state index contributed by atoms with van der Waals surface area (Å²) in [5.41, 5.74) is 3.91. The Labute approximate surface area is 172 Å². The molecule has 0 saturated heterocycles. The van der Waals surface area contributed by atoms with Crippen molar-refractivity contribution in [2.75, 3.05) is 5.32 Å². The fourth-order valence-corrected chi connectivity index (χ4v) is 3.88. The molecule has 9 heteroatoms. The summed E-state index contributed by atoms with van der Waals surface area (Å²) in [7, 11) is 1.79. The standard InChI is InChI=1S/C20H21N7OS/c1-12(2)14-5-7-15(8-6-14)19-23-16(9-29-19)18(28)24-17-13(3)25-26(4)20(17)27-11-21-10-22-27/h5-12H,1-4H3,(H,24,28). The van der Waals surface area contributed by atoms with Gasteiger partial charge in [0.25, 0.3) is 5.91 Å². The molecule has 3 aromatic heterocycles. The lowest BCUT2D eigenvalue weighted by Crippen LogP contribution is -2.15. The topological polar surface area (TPSA) is 90.5 Å². The number of nitrogens with zero attached hydrogens (tertiary/aromatic N) is 6. The minimum atomic E-state index is -0.288. The van der Waals surface area contributed by atoms with Crippen LogP contribution in [0.15, 0.2) is 42.3 Å². The summed E-state index contributed by atoms with van der Waals surface area (Å²) in [5.74, 6) is 0.820. The predicted octanol–water partition coefficient (Wildman–Crippen LogP) is 3.81. The maximum atomic E-state index is 12.8. The molecule has 0 unspecified atom stereocenters. The highest BCUT2D eigenvalue weighted by molar-refractivity contribution is 7.13. The van der Waals surface area contributed by atoms with Gasteiger partial charge in [0.2, 0.25) is 0 Å². The zero-order valence-corrected chi connectivity index (χ0v) is 17.4. The summed E-state index contributed by atoms with van der Waals surface area (Å²) >= 11 is 1.45. The van der Waals surface area contributed by atoms with Crippen LogP contribution in [0.4, 0.5) is 5.69 Å². The number of carbonyl (C=O) groups is 1. The molecule has 0 aliphatic rings. The molecule has 0 spiro atoms. The number of hydrogen-bond acceptors (Lipinski definition) is 6. The maximum absolute atomic E-state index is 12.8. The van der Waals surface area contributed by atoms with Crippen molar-refractivity contribution in [2.24, 2.45) is 7.05 Å². The molecular formula is C20H21N7OS. The van der Waals surface area contributed by atoms with Gasteiger partial charge < -0.3 is 5.32 Å². The van der Waals surface area contributed by atoms with Gasteiger partial charge in [0.1, 0.15) is 29.0 Å². The number of thiazole rings is 1. The summed E-state index contributed by atoms with van der Waals surface area (Å²) < 4.78 is 3.22. The van der Waals surface area contributed by atoms with Gasteiger partial charge in [-0.05, 0) is 18.4 Å². The normalized spacial score (nSPS) is 11.2. The second-order valence-corrected chi connectivity index (χ2v) is 7.87. The largest absolute Gasteiger partial charge is 0.316 e. The van der Waals surface area contributed by atoms with Gasteiger partial charge in [0.05, 0.1) is 5.69 Å². The molecule has 4 aromatic rings. The fraction of sp³-hybridized carbons (Fsp3) is 0.250. The third kappa shape index (κ3) is 3.68. The highest BCUT2D eigenvalue weighted by atomic mass is 32.1. The van der Waals surface area contributed by atoms with Crippen molar-refractivity contribution in [1.29, 1.82) is 0 Å². The Morgan fingerprint density at radius 3 is 2.62 bits per heavy atom. The number of benzene rings is 1. The first-order valence-electron chi connectivity index (χ1n) is 9.20. The molecule has 8 nitrogen and oxygen atoms in total. The number of carbonyl (C=O) groups excluding carboxylic acids is 1. The van der Waals surface area contributed by atoms with Crippen LogP contribution in [-0.2, 0) is 7.05 Å². The molecule has 3 heterocycles. The lowest BCUT2D eigenvalue weighted by molar-refractivity contribution is 0.102. The van der Waals surface area contributed by atoms with Gasteiger partial charge in [0, 0.05) is 18.0 Å². The van der Waals surface area contributed by atoms with Gasteiger partial charge in [-0.25, -0.2) is 19.3 Å². The molecule has 148 valence electrons. The average Bonchev–Trinajstić information content (AvgIpc) is 3.43. The van der Waals surface area contributed by atoms with E-state index >= 15 is 0 Å². The quantitative estimate of drug-likeness (QED) is 0.543. The number of anilines is 1. The Kier molecular flexibility index (Phi) is 4.98. The van der Waals surface area contributed by atoms with Crippen molar-refractivity contribution in [1.82, 2.24) is 29.5 Å². The number of amides is 1. The smallest absolute Gasteiger partial charge is 0.275 e. The Bertz CT molecular complexity index is 1140. The van der Waals surface area contributed by atoms with Crippen LogP contribution < -0.4 is 5.32 Å². The number of hydrogen-bond donors (Lipinski definition) is 1. The minimum Gasteiger partial charge on any atom is -0.316 e. The fourth-order valence-electron chi connectivity index (χ4n) is 3.07. The highest BCUT2D eigenvalue weighted by Crippen LogP contribution is 2.27. The molecule has 0 aliphatic heterocycles. The first-order valence-corrected chi connectivity index (χ1v) is 10.1. The van der Waals surface area contributed by atoms with Crippen molar-refractivity contribution < 1.29 is 4.79 Å². The van der Waals surface area contributed by atoms with E-state index in [0.717, 1.165) is 10.6 Å². The second-order valence-electron chi connectivity index (χ2n) is 7.02. The van der Waals surface area contributed by atoms with Crippen LogP contribution in [0.3, 0.4) is 0 Å². The molecule has 1 N–H and O–H groups in total. The van der Waals surface area contributed by atoms with Gasteiger partial charge in [0.15, 0.2) is 5.82 Å². The first-order chi connectivity index (χ1) is 13.9. The van der Waals surface area contributed by atoms with Gasteiger partial charge in [-0.2, -0.15) is 10.2 Å². The van der Waals surface area contributed by atoms with Crippen LogP contribution in [0.5, 0.6) is 0 Å². The van der Waals surface area contributed by atoms with E-state index in [1.54, 1.807) is 28.1 Å². The van der Waals surface area contributed by atoms with E-state index in [2.05, 4.69) is 51.5 Å². The molecule has 4 rings (SSSR count). The lowest BCUT2D eigenvalue weighted by Gasteiger charge is -2.07. The molecule has 0 saturated carbocycles. The maximum Gasteiger partial charge on any atom is 0.275 e. The Hall–Kier alpha value is -3.33. The van der Waals surface area contributed by atoms with Crippen molar-refractivity contribution in [3.63, 3.8) is 0 Å². The van der Waals surface area contributed by atoms with E-state index in [4.69, 9.17) is 0 Å². The van der Waals surface area contributed by atoms with Crippen LogP contribution in [0.1, 0.15) is 41.5 Å². The van der Waals surface area contributed by atoms with Crippen molar-refractivity contribution in [3.05, 3.63) is 59.3 Å². The molecule has 0 bridgehead atoms. The Morgan fingerprint density at radius 1 is 1.21 bits per heavy atom. The molecule has 0 radical (unpaired) electrons. The number of aromatic nitrogens is 6. The number of aryl methyl sites for hydroxylation is 2. The van der Waals surface area contributed by atoms with Crippen molar-refractivity contribution >= 4 is 22.9 Å². The molecule has 0 fully saturated rings. The zero-order chi connectivity index (χ0) is 20.5. The van der Waals surface area contributed by atoms with E-state index in [0.29, 0.717) is 28.8 Å². The monoisotopic (exact) mass is 407 g/mol. The molecule has 29 heavy (non-hydrogen) atoms. The zero-order valence-electron chi connectivity index (χ0n) is 16.6. The summed E-state index contributed by atoms with van der Waals surface area (Å²) in [6.07, 6.45) is 3.00. The summed E-state index contributed by atoms with van der Waals surface area (Å²) in [4.78, 5) is 21.3. The van der Waals surface area contributed by atoms with Gasteiger partial charge in [-0.15, -0.1) is 11.3 Å². The van der Waals surface area contributed by atoms with E-state index in [1.165, 1.54) is 23.2 Å². The summed E-state index contributed by atoms with van der Waals surface area (Å²) in [6.45, 7) is 6.16.